The molecule has 0 bridgehead atoms. The third-order valence-corrected chi connectivity index (χ3v) is 6.58. The third kappa shape index (κ3) is 6.55. The van der Waals surface area contributed by atoms with Gasteiger partial charge < -0.3 is 15.1 Å². The maximum Gasteiger partial charge on any atom is 0.255 e. The number of nitrogens with zero attached hydrogens (tertiary/aromatic N) is 4. The highest BCUT2D eigenvalue weighted by Gasteiger charge is 2.18. The molecule has 2 aromatic carbocycles. The van der Waals surface area contributed by atoms with Crippen LogP contribution in [0.2, 0.25) is 0 Å². The number of benzene rings is 2. The molecule has 1 saturated heterocycles. The van der Waals surface area contributed by atoms with Crippen molar-refractivity contribution < 1.29 is 4.79 Å². The minimum Gasteiger partial charge on any atom is -0.352 e. The molecule has 0 unspecified atom stereocenters. The molecule has 0 radical (unpaired) electrons. The number of unbranched alkanes of at least 4 members (excludes halogenated alkanes) is 1. The number of rotatable bonds is 9. The maximum atomic E-state index is 13.1. The summed E-state index contributed by atoms with van der Waals surface area (Å²) in [5.74, 6) is -0.0506. The first-order valence-corrected chi connectivity index (χ1v) is 12.4. The van der Waals surface area contributed by atoms with Crippen LogP contribution in [0.1, 0.15) is 39.9 Å². The minimum atomic E-state index is -0.0506. The van der Waals surface area contributed by atoms with Crippen molar-refractivity contribution in [2.24, 2.45) is 0 Å². The van der Waals surface area contributed by atoms with Gasteiger partial charge in [-0.2, -0.15) is 5.10 Å². The number of nitrogens with one attached hydrogen (secondary N) is 1. The number of carbonyl (C=O) groups excluding carboxylic acids is 1. The number of hydrogen-bond donors (Lipinski definition) is 1. The van der Waals surface area contributed by atoms with Crippen LogP contribution in [0.15, 0.2) is 54.7 Å². The van der Waals surface area contributed by atoms with Crippen molar-refractivity contribution in [1.29, 1.82) is 0 Å². The summed E-state index contributed by atoms with van der Waals surface area (Å²) in [5.41, 5.74) is 5.93. The first kappa shape index (κ1) is 24.2. The van der Waals surface area contributed by atoms with E-state index in [0.29, 0.717) is 18.7 Å². The van der Waals surface area contributed by atoms with E-state index in [-0.39, 0.29) is 5.91 Å². The lowest BCUT2D eigenvalue weighted by molar-refractivity contribution is 0.0952. The number of likely N-dealkylation sites (N-methyl/N-ethyl adjacent to an activating group) is 1. The van der Waals surface area contributed by atoms with Crippen molar-refractivity contribution in [3.63, 3.8) is 0 Å². The smallest absolute Gasteiger partial charge is 0.255 e. The molecule has 4 rings (SSSR count). The fourth-order valence-electron chi connectivity index (χ4n) is 4.30. The van der Waals surface area contributed by atoms with Gasteiger partial charge in [0.1, 0.15) is 5.69 Å². The summed E-state index contributed by atoms with van der Waals surface area (Å²) in [6, 6.07) is 16.7. The predicted octanol–water partition coefficient (Wildman–Crippen LogP) is 3.97. The predicted molar refractivity (Wildman–Crippen MR) is 138 cm³/mol. The van der Waals surface area contributed by atoms with Gasteiger partial charge in [0.15, 0.2) is 0 Å². The van der Waals surface area contributed by atoms with E-state index in [1.807, 2.05) is 23.0 Å². The zero-order valence-corrected chi connectivity index (χ0v) is 20.8. The standard InChI is InChI=1S/C28H37N5O/c1-22-6-10-24(11-7-22)20-33-21-26(27(30-33)25-12-8-23(2)9-13-25)28(34)29-14-4-5-15-32-18-16-31(3)17-19-32/h6-13,21H,4-5,14-20H2,1-3H3,(H,29,34). The molecule has 1 N–H and O–H groups in total. The molecule has 0 atom stereocenters. The fraction of sp³-hybridized carbons (Fsp3) is 0.429. The van der Waals surface area contributed by atoms with E-state index >= 15 is 0 Å². The highest BCUT2D eigenvalue weighted by molar-refractivity contribution is 5.99. The van der Waals surface area contributed by atoms with Crippen molar-refractivity contribution in [3.8, 4) is 11.3 Å². The van der Waals surface area contributed by atoms with E-state index in [2.05, 4.69) is 72.4 Å². The van der Waals surface area contributed by atoms with Gasteiger partial charge in [-0.25, -0.2) is 0 Å². The van der Waals surface area contributed by atoms with E-state index in [1.165, 1.54) is 16.7 Å². The Morgan fingerprint density at radius 3 is 2.24 bits per heavy atom. The van der Waals surface area contributed by atoms with Gasteiger partial charge in [-0.05, 0) is 45.8 Å². The molecule has 0 aliphatic carbocycles. The van der Waals surface area contributed by atoms with Crippen LogP contribution >= 0.6 is 0 Å². The topological polar surface area (TPSA) is 53.4 Å². The van der Waals surface area contributed by atoms with Crippen LogP contribution in [0.5, 0.6) is 0 Å². The summed E-state index contributed by atoms with van der Waals surface area (Å²) in [5, 5.41) is 7.94. The lowest BCUT2D eigenvalue weighted by Crippen LogP contribution is -2.44. The van der Waals surface area contributed by atoms with Crippen molar-refractivity contribution in [2.75, 3.05) is 46.3 Å². The van der Waals surface area contributed by atoms with E-state index in [1.54, 1.807) is 0 Å². The summed E-state index contributed by atoms with van der Waals surface area (Å²) < 4.78 is 1.88. The molecule has 1 amide bonds. The second-order valence-electron chi connectivity index (χ2n) is 9.55. The lowest BCUT2D eigenvalue weighted by atomic mass is 10.1. The number of hydrogen-bond acceptors (Lipinski definition) is 4. The van der Waals surface area contributed by atoms with Gasteiger partial charge >= 0.3 is 0 Å². The number of carbonyl (C=O) groups is 1. The normalized spacial score (nSPS) is 14.9. The van der Waals surface area contributed by atoms with Gasteiger partial charge in [0, 0.05) is 44.5 Å². The van der Waals surface area contributed by atoms with Crippen LogP contribution in [0.25, 0.3) is 11.3 Å². The van der Waals surface area contributed by atoms with Crippen LogP contribution in [0.4, 0.5) is 0 Å². The van der Waals surface area contributed by atoms with E-state index in [4.69, 9.17) is 5.10 Å². The van der Waals surface area contributed by atoms with Crippen molar-refractivity contribution in [3.05, 3.63) is 77.0 Å². The van der Waals surface area contributed by atoms with E-state index < -0.39 is 0 Å². The van der Waals surface area contributed by atoms with Gasteiger partial charge in [-0.1, -0.05) is 59.7 Å². The highest BCUT2D eigenvalue weighted by atomic mass is 16.1. The molecule has 1 aromatic heterocycles. The van der Waals surface area contributed by atoms with Gasteiger partial charge in [0.2, 0.25) is 0 Å². The summed E-state index contributed by atoms with van der Waals surface area (Å²) in [4.78, 5) is 18.0. The largest absolute Gasteiger partial charge is 0.352 e. The lowest BCUT2D eigenvalue weighted by Gasteiger charge is -2.32. The fourth-order valence-corrected chi connectivity index (χ4v) is 4.30. The Bertz CT molecular complexity index is 1060. The van der Waals surface area contributed by atoms with Crippen LogP contribution in [0.3, 0.4) is 0 Å². The zero-order valence-electron chi connectivity index (χ0n) is 20.8. The average Bonchev–Trinajstić information content (AvgIpc) is 3.26. The molecule has 180 valence electrons. The average molecular weight is 460 g/mol. The monoisotopic (exact) mass is 459 g/mol. The first-order valence-electron chi connectivity index (χ1n) is 12.4. The van der Waals surface area contributed by atoms with Crippen molar-refractivity contribution >= 4 is 5.91 Å². The second-order valence-corrected chi connectivity index (χ2v) is 9.55. The zero-order chi connectivity index (χ0) is 23.9. The van der Waals surface area contributed by atoms with Gasteiger partial charge in [-0.15, -0.1) is 0 Å². The van der Waals surface area contributed by atoms with Crippen LogP contribution in [-0.4, -0.2) is 71.8 Å². The van der Waals surface area contributed by atoms with Crippen LogP contribution < -0.4 is 5.32 Å². The number of aromatic nitrogens is 2. The molecule has 6 heteroatoms. The molecule has 1 aliphatic heterocycles. The molecule has 0 spiro atoms. The van der Waals surface area contributed by atoms with Crippen molar-refractivity contribution in [2.45, 2.75) is 33.2 Å². The number of piperazine rings is 1. The van der Waals surface area contributed by atoms with Gasteiger partial charge in [0.25, 0.3) is 5.91 Å². The molecule has 2 heterocycles. The molecule has 3 aromatic rings. The minimum absolute atomic E-state index is 0.0506. The molecule has 0 saturated carbocycles. The summed E-state index contributed by atoms with van der Waals surface area (Å²) in [7, 11) is 2.18. The Labute approximate surface area is 203 Å². The Morgan fingerprint density at radius 1 is 0.912 bits per heavy atom. The molecule has 34 heavy (non-hydrogen) atoms. The highest BCUT2D eigenvalue weighted by Crippen LogP contribution is 2.23. The van der Waals surface area contributed by atoms with Crippen LogP contribution in [0, 0.1) is 13.8 Å². The maximum absolute atomic E-state index is 13.1. The summed E-state index contributed by atoms with van der Waals surface area (Å²) in [6.07, 6.45) is 3.96. The van der Waals surface area contributed by atoms with E-state index in [9.17, 15) is 4.79 Å². The van der Waals surface area contributed by atoms with Crippen LogP contribution in [-0.2, 0) is 6.54 Å². The Balaban J connectivity index is 1.39. The molecular weight excluding hydrogens is 422 g/mol. The first-order chi connectivity index (χ1) is 16.5. The molecular formula is C28H37N5O. The molecule has 1 fully saturated rings. The van der Waals surface area contributed by atoms with E-state index in [0.717, 1.165) is 56.8 Å². The Kier molecular flexibility index (Phi) is 8.14. The van der Waals surface area contributed by atoms with Crippen molar-refractivity contribution in [1.82, 2.24) is 24.9 Å². The van der Waals surface area contributed by atoms with Gasteiger partial charge in [0.05, 0.1) is 12.1 Å². The third-order valence-electron chi connectivity index (χ3n) is 6.58. The molecule has 1 aliphatic rings. The Morgan fingerprint density at radius 2 is 1.56 bits per heavy atom. The second kappa shape index (κ2) is 11.4. The SMILES string of the molecule is Cc1ccc(Cn2cc(C(=O)NCCCCN3CCN(C)CC3)c(-c3ccc(C)cc3)n2)cc1. The summed E-state index contributed by atoms with van der Waals surface area (Å²) in [6.45, 7) is 11.1. The number of aryl methyl sites for hydroxylation is 2. The van der Waals surface area contributed by atoms with Gasteiger partial charge in [-0.3, -0.25) is 9.48 Å². The molecule has 6 nitrogen and oxygen atoms in total. The number of amides is 1. The Hall–Kier alpha value is -2.96. The quantitative estimate of drug-likeness (QED) is 0.492. The summed E-state index contributed by atoms with van der Waals surface area (Å²) >= 11 is 0.